The number of anilines is 1. The maximum absolute atomic E-state index is 13.0. The second kappa shape index (κ2) is 4.88. The summed E-state index contributed by atoms with van der Waals surface area (Å²) in [6.07, 6.45) is -0.988. The average Bonchev–Trinajstić information content (AvgIpc) is 2.20. The highest BCUT2D eigenvalue weighted by Gasteiger charge is 2.08. The molecule has 0 radical (unpaired) electrons. The van der Waals surface area contributed by atoms with E-state index in [1.807, 2.05) is 0 Å². The summed E-state index contributed by atoms with van der Waals surface area (Å²) in [7, 11) is 0. The fourth-order valence-corrected chi connectivity index (χ4v) is 0.933. The lowest BCUT2D eigenvalue weighted by Gasteiger charge is -2.10. The predicted molar refractivity (Wildman–Crippen MR) is 47.9 cm³/mol. The summed E-state index contributed by atoms with van der Waals surface area (Å²) in [5, 5.41) is 19.9. The lowest BCUT2D eigenvalue weighted by molar-refractivity contribution is 0.105. The van der Waals surface area contributed by atoms with Gasteiger partial charge in [0.2, 0.25) is 0 Å². The van der Waals surface area contributed by atoms with Crippen LogP contribution in [0.5, 0.6) is 0 Å². The molecule has 0 aliphatic carbocycles. The van der Waals surface area contributed by atoms with Crippen molar-refractivity contribution in [1.82, 2.24) is 0 Å². The molecule has 5 heteroatoms. The minimum Gasteiger partial charge on any atom is -0.394 e. The van der Waals surface area contributed by atoms with E-state index in [-0.39, 0.29) is 12.2 Å². The van der Waals surface area contributed by atoms with Gasteiger partial charge in [-0.3, -0.25) is 0 Å². The van der Waals surface area contributed by atoms with Crippen molar-refractivity contribution in [3.05, 3.63) is 29.8 Å². The Balaban J connectivity index is 2.63. The van der Waals surface area contributed by atoms with E-state index in [2.05, 4.69) is 5.32 Å². The van der Waals surface area contributed by atoms with E-state index in [1.165, 1.54) is 12.1 Å². The number of aliphatic hydroxyl groups is 2. The third-order valence-corrected chi connectivity index (χ3v) is 1.69. The van der Waals surface area contributed by atoms with Crippen LogP contribution in [0.15, 0.2) is 18.2 Å². The zero-order chi connectivity index (χ0) is 10.6. The van der Waals surface area contributed by atoms with Gasteiger partial charge in [0.05, 0.1) is 18.4 Å². The van der Waals surface area contributed by atoms with Crippen LogP contribution in [0.4, 0.5) is 14.5 Å². The van der Waals surface area contributed by atoms with Crippen molar-refractivity contribution in [2.45, 2.75) is 6.10 Å². The van der Waals surface area contributed by atoms with Crippen LogP contribution in [0.25, 0.3) is 0 Å². The monoisotopic (exact) mass is 203 g/mol. The molecule has 3 N–H and O–H groups in total. The van der Waals surface area contributed by atoms with Crippen molar-refractivity contribution in [3.63, 3.8) is 0 Å². The average molecular weight is 203 g/mol. The smallest absolute Gasteiger partial charge is 0.181 e. The van der Waals surface area contributed by atoms with Gasteiger partial charge in [0.1, 0.15) is 0 Å². The van der Waals surface area contributed by atoms with Gasteiger partial charge in [-0.05, 0) is 12.1 Å². The molecule has 0 bridgehead atoms. The zero-order valence-electron chi connectivity index (χ0n) is 7.37. The van der Waals surface area contributed by atoms with Gasteiger partial charge in [0.25, 0.3) is 0 Å². The minimum atomic E-state index is -0.988. The molecular weight excluding hydrogens is 192 g/mol. The first-order valence-electron chi connectivity index (χ1n) is 4.12. The lowest BCUT2D eigenvalue weighted by atomic mass is 10.3. The summed E-state index contributed by atoms with van der Waals surface area (Å²) < 4.78 is 25.6. The Labute approximate surface area is 80.0 Å². The Morgan fingerprint density at radius 2 is 2.07 bits per heavy atom. The molecule has 0 saturated carbocycles. The second-order valence-corrected chi connectivity index (χ2v) is 2.82. The van der Waals surface area contributed by atoms with E-state index in [9.17, 15) is 8.78 Å². The van der Waals surface area contributed by atoms with Gasteiger partial charge in [-0.1, -0.05) is 6.07 Å². The largest absolute Gasteiger partial charge is 0.394 e. The van der Waals surface area contributed by atoms with Crippen LogP contribution in [0.2, 0.25) is 0 Å². The van der Waals surface area contributed by atoms with Crippen molar-refractivity contribution in [1.29, 1.82) is 0 Å². The number of hydrogen-bond donors (Lipinski definition) is 3. The summed E-state index contributed by atoms with van der Waals surface area (Å²) in [4.78, 5) is 0. The van der Waals surface area contributed by atoms with Crippen molar-refractivity contribution in [2.75, 3.05) is 18.5 Å². The molecule has 0 amide bonds. The first kappa shape index (κ1) is 10.9. The molecule has 1 rings (SSSR count). The molecule has 0 aromatic heterocycles. The third-order valence-electron chi connectivity index (χ3n) is 1.69. The topological polar surface area (TPSA) is 52.5 Å². The summed E-state index contributed by atoms with van der Waals surface area (Å²) in [6, 6.07) is 3.71. The van der Waals surface area contributed by atoms with Crippen molar-refractivity contribution >= 4 is 5.69 Å². The van der Waals surface area contributed by atoms with E-state index < -0.39 is 24.3 Å². The lowest BCUT2D eigenvalue weighted by Crippen LogP contribution is -2.23. The number of aliphatic hydroxyl groups excluding tert-OH is 2. The van der Waals surface area contributed by atoms with Gasteiger partial charge in [-0.25, -0.2) is 8.78 Å². The SMILES string of the molecule is OCC(O)CNc1cccc(F)c1F. The molecule has 0 aliphatic rings. The Bertz CT molecular complexity index is 307. The van der Waals surface area contributed by atoms with Crippen LogP contribution in [0.1, 0.15) is 0 Å². The normalized spacial score (nSPS) is 12.6. The van der Waals surface area contributed by atoms with E-state index in [1.54, 1.807) is 0 Å². The van der Waals surface area contributed by atoms with Crippen molar-refractivity contribution in [2.24, 2.45) is 0 Å². The van der Waals surface area contributed by atoms with Crippen LogP contribution < -0.4 is 5.32 Å². The van der Waals surface area contributed by atoms with E-state index >= 15 is 0 Å². The quantitative estimate of drug-likeness (QED) is 0.676. The molecule has 78 valence electrons. The predicted octanol–water partition coefficient (Wildman–Crippen LogP) is 0.730. The summed E-state index contributed by atoms with van der Waals surface area (Å²) >= 11 is 0. The Morgan fingerprint density at radius 3 is 2.71 bits per heavy atom. The van der Waals surface area contributed by atoms with Gasteiger partial charge in [0.15, 0.2) is 11.6 Å². The van der Waals surface area contributed by atoms with Crippen LogP contribution >= 0.6 is 0 Å². The number of hydrogen-bond acceptors (Lipinski definition) is 3. The molecule has 1 aromatic carbocycles. The first-order valence-corrected chi connectivity index (χ1v) is 4.12. The molecule has 0 aliphatic heterocycles. The fourth-order valence-electron chi connectivity index (χ4n) is 0.933. The molecule has 0 fully saturated rings. The second-order valence-electron chi connectivity index (χ2n) is 2.82. The maximum Gasteiger partial charge on any atom is 0.181 e. The van der Waals surface area contributed by atoms with Gasteiger partial charge in [-0.2, -0.15) is 0 Å². The van der Waals surface area contributed by atoms with Gasteiger partial charge in [0, 0.05) is 6.54 Å². The van der Waals surface area contributed by atoms with E-state index in [0.717, 1.165) is 6.07 Å². The number of nitrogens with one attached hydrogen (secondary N) is 1. The van der Waals surface area contributed by atoms with Crippen LogP contribution in [0.3, 0.4) is 0 Å². The Hall–Kier alpha value is -1.20. The Morgan fingerprint density at radius 1 is 1.36 bits per heavy atom. The summed E-state index contributed by atoms with van der Waals surface area (Å²) in [5.41, 5.74) is -0.0301. The zero-order valence-corrected chi connectivity index (χ0v) is 7.37. The summed E-state index contributed by atoms with van der Waals surface area (Å²) in [6.45, 7) is -0.458. The van der Waals surface area contributed by atoms with Gasteiger partial charge >= 0.3 is 0 Å². The number of halogens is 2. The molecule has 0 saturated heterocycles. The van der Waals surface area contributed by atoms with Crippen molar-refractivity contribution < 1.29 is 19.0 Å². The van der Waals surface area contributed by atoms with Gasteiger partial charge < -0.3 is 15.5 Å². The maximum atomic E-state index is 13.0. The molecule has 3 nitrogen and oxygen atoms in total. The molecule has 1 atom stereocenters. The molecule has 1 aromatic rings. The number of benzene rings is 1. The Kier molecular flexibility index (Phi) is 3.79. The van der Waals surface area contributed by atoms with Crippen LogP contribution in [-0.4, -0.2) is 29.5 Å². The van der Waals surface area contributed by atoms with Crippen LogP contribution in [-0.2, 0) is 0 Å². The van der Waals surface area contributed by atoms with Crippen molar-refractivity contribution in [3.8, 4) is 0 Å². The number of rotatable bonds is 4. The molecule has 1 unspecified atom stereocenters. The highest BCUT2D eigenvalue weighted by molar-refractivity contribution is 5.44. The minimum absolute atomic E-state index is 0.0301. The molecule has 0 heterocycles. The van der Waals surface area contributed by atoms with Crippen LogP contribution in [0, 0.1) is 11.6 Å². The molecule has 0 spiro atoms. The third kappa shape index (κ3) is 2.65. The van der Waals surface area contributed by atoms with E-state index in [0.29, 0.717) is 0 Å². The first-order chi connectivity index (χ1) is 6.65. The van der Waals surface area contributed by atoms with Gasteiger partial charge in [-0.15, -0.1) is 0 Å². The van der Waals surface area contributed by atoms with E-state index in [4.69, 9.17) is 10.2 Å². The molecular formula is C9H11F2NO2. The fraction of sp³-hybridized carbons (Fsp3) is 0.333. The summed E-state index contributed by atoms with van der Waals surface area (Å²) in [5.74, 6) is -1.94. The highest BCUT2D eigenvalue weighted by Crippen LogP contribution is 2.16. The standard InChI is InChI=1S/C9H11F2NO2/c10-7-2-1-3-8(9(7)11)12-4-6(14)5-13/h1-3,6,12-14H,4-5H2. The highest BCUT2D eigenvalue weighted by atomic mass is 19.2. The molecule has 14 heavy (non-hydrogen) atoms.